The van der Waals surface area contributed by atoms with Crippen molar-refractivity contribution in [3.05, 3.63) is 50.7 Å². The quantitative estimate of drug-likeness (QED) is 0.628. The van der Waals surface area contributed by atoms with Crippen molar-refractivity contribution >= 4 is 56.4 Å². The average Bonchev–Trinajstić information content (AvgIpc) is 2.37. The van der Waals surface area contributed by atoms with E-state index in [1.54, 1.807) is 24.3 Å². The lowest BCUT2D eigenvalue weighted by atomic mass is 10.2. The molecule has 1 amide bonds. The number of anilines is 2. The van der Waals surface area contributed by atoms with Crippen LogP contribution in [0.4, 0.5) is 11.4 Å². The molecule has 0 saturated heterocycles. The van der Waals surface area contributed by atoms with Gasteiger partial charge in [0.1, 0.15) is 5.15 Å². The molecule has 98 valence electrons. The van der Waals surface area contributed by atoms with Gasteiger partial charge in [0.05, 0.1) is 32.6 Å². The first-order valence-corrected chi connectivity index (χ1v) is 6.70. The van der Waals surface area contributed by atoms with Crippen LogP contribution < -0.4 is 11.1 Å². The van der Waals surface area contributed by atoms with Crippen LogP contribution in [0.15, 0.2) is 34.9 Å². The van der Waals surface area contributed by atoms with Gasteiger partial charge in [-0.05, 0) is 34.1 Å². The summed E-state index contributed by atoms with van der Waals surface area (Å²) in [4.78, 5) is 16.0. The Morgan fingerprint density at radius 1 is 1.37 bits per heavy atom. The average molecular weight is 361 g/mol. The summed E-state index contributed by atoms with van der Waals surface area (Å²) in [6.45, 7) is 0. The molecule has 0 spiro atoms. The van der Waals surface area contributed by atoms with Crippen LogP contribution in [-0.2, 0) is 0 Å². The Morgan fingerprint density at radius 2 is 2.11 bits per heavy atom. The fourth-order valence-corrected chi connectivity index (χ4v) is 2.08. The van der Waals surface area contributed by atoms with Gasteiger partial charge in [-0.2, -0.15) is 0 Å². The van der Waals surface area contributed by atoms with Crippen molar-refractivity contribution in [2.75, 3.05) is 11.1 Å². The topological polar surface area (TPSA) is 68.0 Å². The Labute approximate surface area is 128 Å². The molecule has 1 heterocycles. The second-order valence-corrected chi connectivity index (χ2v) is 5.25. The van der Waals surface area contributed by atoms with E-state index >= 15 is 0 Å². The molecule has 0 saturated carbocycles. The molecule has 3 N–H and O–H groups in total. The molecule has 0 aliphatic heterocycles. The van der Waals surface area contributed by atoms with Gasteiger partial charge >= 0.3 is 0 Å². The number of halogens is 3. The number of hydrogen-bond donors (Lipinski definition) is 2. The van der Waals surface area contributed by atoms with E-state index < -0.39 is 0 Å². The summed E-state index contributed by atoms with van der Waals surface area (Å²) in [6.07, 6.45) is 1.45. The number of rotatable bonds is 2. The molecule has 1 aromatic carbocycles. The maximum Gasteiger partial charge on any atom is 0.257 e. The SMILES string of the molecule is Nc1cccc(C(=O)Nc2cnc(Cl)c(Br)c2)c1Cl. The number of carbonyl (C=O) groups is 1. The molecule has 4 nitrogen and oxygen atoms in total. The molecule has 0 aliphatic rings. The van der Waals surface area contributed by atoms with E-state index in [1.807, 2.05) is 0 Å². The lowest BCUT2D eigenvalue weighted by molar-refractivity contribution is 0.102. The number of nitrogen functional groups attached to an aromatic ring is 1. The molecular formula is C12H8BrCl2N3O. The number of nitrogens with zero attached hydrogens (tertiary/aromatic N) is 1. The van der Waals surface area contributed by atoms with E-state index in [2.05, 4.69) is 26.2 Å². The van der Waals surface area contributed by atoms with Gasteiger partial charge in [-0.25, -0.2) is 4.98 Å². The largest absolute Gasteiger partial charge is 0.398 e. The zero-order valence-electron chi connectivity index (χ0n) is 9.45. The number of nitrogens with one attached hydrogen (secondary N) is 1. The first-order chi connectivity index (χ1) is 8.99. The molecule has 2 rings (SSSR count). The maximum atomic E-state index is 12.1. The predicted octanol–water partition coefficient (Wildman–Crippen LogP) is 3.99. The highest BCUT2D eigenvalue weighted by Gasteiger charge is 2.13. The Bertz CT molecular complexity index is 649. The summed E-state index contributed by atoms with van der Waals surface area (Å²) in [6, 6.07) is 6.52. The Kier molecular flexibility index (Phi) is 4.29. The van der Waals surface area contributed by atoms with Gasteiger partial charge in [-0.1, -0.05) is 29.3 Å². The van der Waals surface area contributed by atoms with Crippen LogP contribution in [0, 0.1) is 0 Å². The van der Waals surface area contributed by atoms with Gasteiger partial charge in [0.15, 0.2) is 0 Å². The summed E-state index contributed by atoms with van der Waals surface area (Å²) in [5, 5.41) is 3.21. The minimum Gasteiger partial charge on any atom is -0.398 e. The number of hydrogen-bond acceptors (Lipinski definition) is 3. The summed E-state index contributed by atoms with van der Waals surface area (Å²) in [7, 11) is 0. The number of nitrogens with two attached hydrogens (primary N) is 1. The Hall–Kier alpha value is -1.30. The molecular weight excluding hydrogens is 353 g/mol. The molecule has 0 unspecified atom stereocenters. The molecule has 1 aromatic heterocycles. The third kappa shape index (κ3) is 3.18. The molecule has 0 aliphatic carbocycles. The van der Waals surface area contributed by atoms with Crippen molar-refractivity contribution in [1.29, 1.82) is 0 Å². The van der Waals surface area contributed by atoms with Crippen LogP contribution in [-0.4, -0.2) is 10.9 Å². The highest BCUT2D eigenvalue weighted by molar-refractivity contribution is 9.10. The monoisotopic (exact) mass is 359 g/mol. The number of benzene rings is 1. The van der Waals surface area contributed by atoms with Crippen LogP contribution in [0.1, 0.15) is 10.4 Å². The van der Waals surface area contributed by atoms with Crippen LogP contribution in [0.25, 0.3) is 0 Å². The first-order valence-electron chi connectivity index (χ1n) is 5.15. The third-order valence-corrected chi connectivity index (χ3v) is 3.88. The normalized spacial score (nSPS) is 10.3. The number of carbonyl (C=O) groups excluding carboxylic acids is 1. The van der Waals surface area contributed by atoms with Gasteiger partial charge in [0.25, 0.3) is 5.91 Å². The van der Waals surface area contributed by atoms with E-state index in [9.17, 15) is 4.79 Å². The van der Waals surface area contributed by atoms with Crippen LogP contribution in [0.5, 0.6) is 0 Å². The highest BCUT2D eigenvalue weighted by atomic mass is 79.9. The van der Waals surface area contributed by atoms with Crippen molar-refractivity contribution in [1.82, 2.24) is 4.98 Å². The minimum atomic E-state index is -0.367. The lowest BCUT2D eigenvalue weighted by Gasteiger charge is -2.08. The van der Waals surface area contributed by atoms with Crippen LogP contribution >= 0.6 is 39.1 Å². The van der Waals surface area contributed by atoms with Crippen molar-refractivity contribution < 1.29 is 4.79 Å². The molecule has 0 fully saturated rings. The smallest absolute Gasteiger partial charge is 0.257 e. The second kappa shape index (κ2) is 5.77. The molecule has 19 heavy (non-hydrogen) atoms. The predicted molar refractivity (Wildman–Crippen MR) is 80.8 cm³/mol. The van der Waals surface area contributed by atoms with E-state index in [1.165, 1.54) is 6.20 Å². The molecule has 0 atom stereocenters. The highest BCUT2D eigenvalue weighted by Crippen LogP contribution is 2.26. The minimum absolute atomic E-state index is 0.223. The lowest BCUT2D eigenvalue weighted by Crippen LogP contribution is -2.13. The van der Waals surface area contributed by atoms with E-state index in [-0.39, 0.29) is 10.9 Å². The van der Waals surface area contributed by atoms with Gasteiger partial charge in [-0.3, -0.25) is 4.79 Å². The number of pyridine rings is 1. The fourth-order valence-electron chi connectivity index (χ4n) is 1.41. The zero-order valence-corrected chi connectivity index (χ0v) is 12.6. The van der Waals surface area contributed by atoms with Crippen molar-refractivity contribution in [3.63, 3.8) is 0 Å². The van der Waals surface area contributed by atoms with Gasteiger partial charge in [0, 0.05) is 0 Å². The van der Waals surface area contributed by atoms with Crippen LogP contribution in [0.2, 0.25) is 10.2 Å². The summed E-state index contributed by atoms with van der Waals surface area (Å²) < 4.78 is 0.589. The second-order valence-electron chi connectivity index (χ2n) is 3.66. The van der Waals surface area contributed by atoms with E-state index in [0.29, 0.717) is 26.6 Å². The third-order valence-electron chi connectivity index (χ3n) is 2.33. The van der Waals surface area contributed by atoms with E-state index in [0.717, 1.165) is 0 Å². The summed E-state index contributed by atoms with van der Waals surface area (Å²) >= 11 is 15.0. The Morgan fingerprint density at radius 3 is 2.79 bits per heavy atom. The Balaban J connectivity index is 2.26. The summed E-state index contributed by atoms with van der Waals surface area (Å²) in [5.74, 6) is -0.367. The molecule has 2 aromatic rings. The van der Waals surface area contributed by atoms with Gasteiger partial charge in [-0.15, -0.1) is 0 Å². The number of aromatic nitrogens is 1. The molecule has 0 bridgehead atoms. The standard InChI is InChI=1S/C12H8BrCl2N3O/c13-8-4-6(5-17-11(8)15)18-12(19)7-2-1-3-9(16)10(7)14/h1-5H,16H2,(H,18,19). The van der Waals surface area contributed by atoms with Crippen LogP contribution in [0.3, 0.4) is 0 Å². The molecule has 0 radical (unpaired) electrons. The van der Waals surface area contributed by atoms with Gasteiger partial charge in [0.2, 0.25) is 0 Å². The zero-order chi connectivity index (χ0) is 14.0. The molecule has 7 heteroatoms. The van der Waals surface area contributed by atoms with Crippen molar-refractivity contribution in [2.45, 2.75) is 0 Å². The fraction of sp³-hybridized carbons (Fsp3) is 0. The van der Waals surface area contributed by atoms with Crippen molar-refractivity contribution in [3.8, 4) is 0 Å². The van der Waals surface area contributed by atoms with E-state index in [4.69, 9.17) is 28.9 Å². The first kappa shape index (κ1) is 14.1. The van der Waals surface area contributed by atoms with Crippen molar-refractivity contribution in [2.24, 2.45) is 0 Å². The van der Waals surface area contributed by atoms with Gasteiger partial charge < -0.3 is 11.1 Å². The maximum absolute atomic E-state index is 12.1. The number of amides is 1. The summed E-state index contributed by atoms with van der Waals surface area (Å²) in [5.41, 5.74) is 6.80.